The van der Waals surface area contributed by atoms with Crippen LogP contribution in [-0.2, 0) is 6.54 Å². The Hall–Kier alpha value is -3.21. The van der Waals surface area contributed by atoms with Crippen LogP contribution in [0.1, 0.15) is 16.7 Å². The molecule has 5 heteroatoms. The maximum atomic E-state index is 12.8. The largest absolute Gasteiger partial charge is 0.294 e. The number of rotatable bonds is 3. The third-order valence-electron chi connectivity index (χ3n) is 4.39. The smallest absolute Gasteiger partial charge is 0.264 e. The van der Waals surface area contributed by atoms with Gasteiger partial charge < -0.3 is 0 Å². The molecule has 0 bridgehead atoms. The van der Waals surface area contributed by atoms with Gasteiger partial charge in [-0.05, 0) is 37.1 Å². The van der Waals surface area contributed by atoms with Gasteiger partial charge in [-0.3, -0.25) is 9.36 Å². The molecule has 0 aliphatic carbocycles. The molecule has 4 rings (SSSR count). The molecule has 0 radical (unpaired) electrons. The van der Waals surface area contributed by atoms with Gasteiger partial charge in [-0.15, -0.1) is 0 Å². The molecule has 0 N–H and O–H groups in total. The molecule has 0 unspecified atom stereocenters. The summed E-state index contributed by atoms with van der Waals surface area (Å²) in [6, 6.07) is 15.9. The molecule has 0 saturated heterocycles. The van der Waals surface area contributed by atoms with Crippen LogP contribution in [-0.4, -0.2) is 19.3 Å². The minimum absolute atomic E-state index is 0.0767. The van der Waals surface area contributed by atoms with E-state index < -0.39 is 0 Å². The second-order valence-electron chi connectivity index (χ2n) is 6.24. The third-order valence-corrected chi connectivity index (χ3v) is 4.39. The summed E-state index contributed by atoms with van der Waals surface area (Å²) >= 11 is 0. The van der Waals surface area contributed by atoms with Crippen molar-refractivity contribution in [1.82, 2.24) is 19.3 Å². The maximum absolute atomic E-state index is 12.8. The van der Waals surface area contributed by atoms with Gasteiger partial charge in [-0.1, -0.05) is 42.0 Å². The van der Waals surface area contributed by atoms with Crippen molar-refractivity contribution >= 4 is 11.0 Å². The zero-order valence-corrected chi connectivity index (χ0v) is 14.2. The lowest BCUT2D eigenvalue weighted by molar-refractivity contribution is 0.741. The lowest BCUT2D eigenvalue weighted by Crippen LogP contribution is -2.21. The van der Waals surface area contributed by atoms with E-state index in [1.165, 1.54) is 11.1 Å². The fourth-order valence-electron chi connectivity index (χ4n) is 3.03. The van der Waals surface area contributed by atoms with Crippen molar-refractivity contribution in [3.8, 4) is 5.69 Å². The molecule has 0 fully saturated rings. The number of aryl methyl sites for hydroxylation is 2. The summed E-state index contributed by atoms with van der Waals surface area (Å²) in [6.45, 7) is 4.63. The summed E-state index contributed by atoms with van der Waals surface area (Å²) in [5.74, 6) is 0. The highest BCUT2D eigenvalue weighted by Crippen LogP contribution is 2.15. The molecule has 2 heterocycles. The summed E-state index contributed by atoms with van der Waals surface area (Å²) in [5, 5.41) is 4.87. The SMILES string of the molecule is Cc1ccc(Cn2cnc3c(cnn3-c3ccccc3)c2=O)c(C)c1. The number of hydrogen-bond acceptors (Lipinski definition) is 3. The number of hydrogen-bond donors (Lipinski definition) is 0. The van der Waals surface area contributed by atoms with Crippen molar-refractivity contribution in [2.45, 2.75) is 20.4 Å². The van der Waals surface area contributed by atoms with Gasteiger partial charge in [0, 0.05) is 0 Å². The first kappa shape index (κ1) is 15.3. The van der Waals surface area contributed by atoms with Gasteiger partial charge in [0.1, 0.15) is 11.7 Å². The summed E-state index contributed by atoms with van der Waals surface area (Å²) in [7, 11) is 0. The van der Waals surface area contributed by atoms with Gasteiger partial charge in [0.15, 0.2) is 5.65 Å². The average molecular weight is 330 g/mol. The second-order valence-corrected chi connectivity index (χ2v) is 6.24. The van der Waals surface area contributed by atoms with Crippen molar-refractivity contribution in [3.63, 3.8) is 0 Å². The Kier molecular flexibility index (Phi) is 3.69. The molecule has 0 amide bonds. The van der Waals surface area contributed by atoms with E-state index in [-0.39, 0.29) is 5.56 Å². The predicted octanol–water partition coefficient (Wildman–Crippen LogP) is 3.25. The van der Waals surface area contributed by atoms with Crippen LogP contribution in [0.25, 0.3) is 16.7 Å². The van der Waals surface area contributed by atoms with E-state index in [2.05, 4.69) is 42.1 Å². The minimum Gasteiger partial charge on any atom is -0.294 e. The molecule has 0 saturated carbocycles. The summed E-state index contributed by atoms with van der Waals surface area (Å²) < 4.78 is 3.33. The van der Waals surface area contributed by atoms with E-state index in [4.69, 9.17) is 0 Å². The summed E-state index contributed by atoms with van der Waals surface area (Å²) in [4.78, 5) is 17.3. The fourth-order valence-corrected chi connectivity index (χ4v) is 3.03. The first-order valence-electron chi connectivity index (χ1n) is 8.18. The Morgan fingerprint density at radius 1 is 1.04 bits per heavy atom. The van der Waals surface area contributed by atoms with Gasteiger partial charge in [0.25, 0.3) is 5.56 Å². The molecule has 0 atom stereocenters. The van der Waals surface area contributed by atoms with E-state index in [9.17, 15) is 4.79 Å². The van der Waals surface area contributed by atoms with Gasteiger partial charge in [-0.2, -0.15) is 5.10 Å². The van der Waals surface area contributed by atoms with Crippen molar-refractivity contribution in [2.75, 3.05) is 0 Å². The lowest BCUT2D eigenvalue weighted by Gasteiger charge is -2.09. The monoisotopic (exact) mass is 330 g/mol. The number of aromatic nitrogens is 4. The van der Waals surface area contributed by atoms with Crippen LogP contribution >= 0.6 is 0 Å². The molecular weight excluding hydrogens is 312 g/mol. The van der Waals surface area contributed by atoms with E-state index >= 15 is 0 Å². The Labute approximate surface area is 145 Å². The predicted molar refractivity (Wildman–Crippen MR) is 98.1 cm³/mol. The topological polar surface area (TPSA) is 52.7 Å². The van der Waals surface area contributed by atoms with Crippen LogP contribution < -0.4 is 5.56 Å². The van der Waals surface area contributed by atoms with Gasteiger partial charge in [0.2, 0.25) is 0 Å². The molecule has 0 aliphatic rings. The highest BCUT2D eigenvalue weighted by molar-refractivity contribution is 5.74. The zero-order valence-electron chi connectivity index (χ0n) is 14.2. The Morgan fingerprint density at radius 2 is 1.84 bits per heavy atom. The Bertz CT molecular complexity index is 1110. The normalized spacial score (nSPS) is 11.1. The van der Waals surface area contributed by atoms with Crippen LogP contribution in [0.2, 0.25) is 0 Å². The molecule has 4 aromatic rings. The summed E-state index contributed by atoms with van der Waals surface area (Å²) in [5.41, 5.74) is 4.89. The van der Waals surface area contributed by atoms with E-state index in [1.54, 1.807) is 21.8 Å². The first-order valence-corrected chi connectivity index (χ1v) is 8.18. The molecular formula is C20H18N4O. The van der Waals surface area contributed by atoms with E-state index in [0.29, 0.717) is 17.6 Å². The van der Waals surface area contributed by atoms with Crippen molar-refractivity contribution < 1.29 is 0 Å². The van der Waals surface area contributed by atoms with Crippen molar-refractivity contribution in [3.05, 3.63) is 88.1 Å². The highest BCUT2D eigenvalue weighted by Gasteiger charge is 2.12. The fraction of sp³-hybridized carbons (Fsp3) is 0.150. The molecule has 2 aromatic carbocycles. The molecule has 25 heavy (non-hydrogen) atoms. The number of benzene rings is 2. The Balaban J connectivity index is 1.78. The molecule has 0 aliphatic heterocycles. The number of nitrogens with zero attached hydrogens (tertiary/aromatic N) is 4. The molecule has 0 spiro atoms. The maximum Gasteiger partial charge on any atom is 0.264 e. The average Bonchev–Trinajstić information content (AvgIpc) is 3.05. The number of fused-ring (bicyclic) bond motifs is 1. The van der Waals surface area contributed by atoms with Crippen LogP contribution in [0.15, 0.2) is 65.8 Å². The van der Waals surface area contributed by atoms with Gasteiger partial charge in [0.05, 0.1) is 18.4 Å². The van der Waals surface area contributed by atoms with Crippen LogP contribution in [0.5, 0.6) is 0 Å². The van der Waals surface area contributed by atoms with Crippen LogP contribution in [0.4, 0.5) is 0 Å². The van der Waals surface area contributed by atoms with Crippen LogP contribution in [0.3, 0.4) is 0 Å². The summed E-state index contributed by atoms with van der Waals surface area (Å²) in [6.07, 6.45) is 3.20. The Morgan fingerprint density at radius 3 is 2.60 bits per heavy atom. The molecule has 5 nitrogen and oxygen atoms in total. The quantitative estimate of drug-likeness (QED) is 0.579. The lowest BCUT2D eigenvalue weighted by atomic mass is 10.1. The standard InChI is InChI=1S/C20H18N4O/c1-14-8-9-16(15(2)10-14)12-23-13-21-19-18(20(23)25)11-22-24(19)17-6-4-3-5-7-17/h3-11,13H,12H2,1-2H3. The highest BCUT2D eigenvalue weighted by atomic mass is 16.1. The van der Waals surface area contributed by atoms with Gasteiger partial charge >= 0.3 is 0 Å². The zero-order chi connectivity index (χ0) is 17.4. The second kappa shape index (κ2) is 6.02. The van der Waals surface area contributed by atoms with E-state index in [1.807, 2.05) is 30.3 Å². The number of para-hydroxylation sites is 1. The van der Waals surface area contributed by atoms with E-state index in [0.717, 1.165) is 11.3 Å². The van der Waals surface area contributed by atoms with Gasteiger partial charge in [-0.25, -0.2) is 9.67 Å². The van der Waals surface area contributed by atoms with Crippen molar-refractivity contribution in [1.29, 1.82) is 0 Å². The van der Waals surface area contributed by atoms with Crippen LogP contribution in [0, 0.1) is 13.8 Å². The minimum atomic E-state index is -0.0767. The molecule has 2 aromatic heterocycles. The third kappa shape index (κ3) is 2.74. The van der Waals surface area contributed by atoms with Crippen molar-refractivity contribution in [2.24, 2.45) is 0 Å². The molecule has 124 valence electrons. The first-order chi connectivity index (χ1) is 12.1.